The Morgan fingerprint density at radius 1 is 1.29 bits per heavy atom. The van der Waals surface area contributed by atoms with Gasteiger partial charge >= 0.3 is 0 Å². The molecule has 0 aliphatic rings. The molecule has 0 aliphatic carbocycles. The van der Waals surface area contributed by atoms with Gasteiger partial charge in [0.05, 0.1) is 5.02 Å². The maximum atomic E-state index is 12.1. The van der Waals surface area contributed by atoms with Gasteiger partial charge in [0.1, 0.15) is 0 Å². The van der Waals surface area contributed by atoms with E-state index in [0.29, 0.717) is 17.0 Å². The molecule has 2 aromatic rings. The Morgan fingerprint density at radius 3 is 2.76 bits per heavy atom. The molecule has 0 saturated heterocycles. The van der Waals surface area contributed by atoms with Crippen molar-refractivity contribution in [2.75, 3.05) is 0 Å². The van der Waals surface area contributed by atoms with E-state index >= 15 is 0 Å². The molecule has 1 aromatic heterocycles. The smallest absolute Gasteiger partial charge is 0.168 e. The van der Waals surface area contributed by atoms with Crippen LogP contribution in [0.5, 0.6) is 0 Å². The minimum absolute atomic E-state index is 0.00991. The number of carbonyl (C=O) groups excluding carboxylic acids is 1. The summed E-state index contributed by atoms with van der Waals surface area (Å²) >= 11 is 9.35. The van der Waals surface area contributed by atoms with Gasteiger partial charge < -0.3 is 0 Å². The highest BCUT2D eigenvalue weighted by molar-refractivity contribution is 9.10. The Hall–Kier alpha value is -1.19. The summed E-state index contributed by atoms with van der Waals surface area (Å²) in [5.41, 5.74) is 1.46. The molecule has 0 radical (unpaired) electrons. The summed E-state index contributed by atoms with van der Waals surface area (Å²) in [4.78, 5) is 15.9. The van der Waals surface area contributed by atoms with Gasteiger partial charge in [0.15, 0.2) is 5.78 Å². The zero-order valence-corrected chi connectivity index (χ0v) is 11.2. The summed E-state index contributed by atoms with van der Waals surface area (Å²) in [6.45, 7) is 0. The van der Waals surface area contributed by atoms with Crippen LogP contribution in [0.1, 0.15) is 15.9 Å². The van der Waals surface area contributed by atoms with Gasteiger partial charge in [-0.15, -0.1) is 0 Å². The molecule has 0 spiro atoms. The molecule has 1 heterocycles. The molecule has 1 aromatic carbocycles. The number of pyridine rings is 1. The van der Waals surface area contributed by atoms with Crippen LogP contribution in [0.15, 0.2) is 47.2 Å². The quantitative estimate of drug-likeness (QED) is 0.804. The van der Waals surface area contributed by atoms with E-state index in [1.165, 1.54) is 6.20 Å². The molecule has 0 fully saturated rings. The van der Waals surface area contributed by atoms with Gasteiger partial charge in [-0.1, -0.05) is 45.7 Å². The lowest BCUT2D eigenvalue weighted by Crippen LogP contribution is -2.05. The van der Waals surface area contributed by atoms with Crippen LogP contribution in [0.25, 0.3) is 0 Å². The van der Waals surface area contributed by atoms with Crippen LogP contribution in [-0.2, 0) is 6.42 Å². The van der Waals surface area contributed by atoms with Crippen molar-refractivity contribution in [2.45, 2.75) is 6.42 Å². The molecule has 2 rings (SSSR count). The van der Waals surface area contributed by atoms with Gasteiger partial charge in [0.2, 0.25) is 0 Å². The van der Waals surface area contributed by atoms with Crippen LogP contribution >= 0.6 is 27.5 Å². The minimum atomic E-state index is -0.00991. The normalized spacial score (nSPS) is 10.2. The summed E-state index contributed by atoms with van der Waals surface area (Å²) in [6.07, 6.45) is 3.37. The van der Waals surface area contributed by atoms with E-state index in [2.05, 4.69) is 20.9 Å². The molecule has 4 heteroatoms. The highest BCUT2D eigenvalue weighted by atomic mass is 79.9. The number of rotatable bonds is 3. The van der Waals surface area contributed by atoms with Crippen LogP contribution < -0.4 is 0 Å². The zero-order chi connectivity index (χ0) is 12.3. The molecule has 0 N–H and O–H groups in total. The summed E-state index contributed by atoms with van der Waals surface area (Å²) < 4.78 is 0.929. The average Bonchev–Trinajstić information content (AvgIpc) is 2.32. The van der Waals surface area contributed by atoms with Crippen LogP contribution in [0, 0.1) is 0 Å². The van der Waals surface area contributed by atoms with Crippen molar-refractivity contribution in [1.82, 2.24) is 4.98 Å². The molecule has 0 aliphatic heterocycles. The topological polar surface area (TPSA) is 30.0 Å². The fourth-order valence-electron chi connectivity index (χ4n) is 1.51. The fraction of sp³-hybridized carbons (Fsp3) is 0.0769. The number of nitrogens with zero attached hydrogens (tertiary/aromatic N) is 1. The molecule has 0 atom stereocenters. The molecule has 0 unspecified atom stereocenters. The van der Waals surface area contributed by atoms with E-state index in [9.17, 15) is 4.79 Å². The van der Waals surface area contributed by atoms with Crippen LogP contribution in [-0.4, -0.2) is 10.8 Å². The number of Topliss-reactive ketones (excluding diaryl/α,β-unsaturated/α-hetero) is 1. The van der Waals surface area contributed by atoms with E-state index < -0.39 is 0 Å². The Balaban J connectivity index is 2.24. The van der Waals surface area contributed by atoms with Crippen molar-refractivity contribution in [3.8, 4) is 0 Å². The van der Waals surface area contributed by atoms with E-state index in [-0.39, 0.29) is 5.78 Å². The predicted octanol–water partition coefficient (Wildman–Crippen LogP) is 3.92. The Kier molecular flexibility index (Phi) is 3.92. The fourth-order valence-corrected chi connectivity index (χ4v) is 2.16. The predicted molar refractivity (Wildman–Crippen MR) is 71.4 cm³/mol. The van der Waals surface area contributed by atoms with E-state index in [0.717, 1.165) is 10.0 Å². The number of carbonyl (C=O) groups is 1. The third-order valence-electron chi connectivity index (χ3n) is 2.38. The standard InChI is InChI=1S/C13H9BrClNO/c14-11-4-2-1-3-9(11)7-13(17)10-5-6-16-8-12(10)15/h1-6,8H,7H2. The second-order valence-electron chi connectivity index (χ2n) is 3.55. The minimum Gasteiger partial charge on any atom is -0.294 e. The van der Waals surface area contributed by atoms with Gasteiger partial charge in [-0.05, 0) is 17.7 Å². The summed E-state index contributed by atoms with van der Waals surface area (Å²) in [5, 5.41) is 0.393. The van der Waals surface area contributed by atoms with Crippen molar-refractivity contribution >= 4 is 33.3 Å². The van der Waals surface area contributed by atoms with E-state index in [1.807, 2.05) is 24.3 Å². The van der Waals surface area contributed by atoms with Crippen molar-refractivity contribution < 1.29 is 4.79 Å². The molecule has 2 nitrogen and oxygen atoms in total. The second kappa shape index (κ2) is 5.43. The summed E-state index contributed by atoms with van der Waals surface area (Å²) in [6, 6.07) is 9.29. The van der Waals surface area contributed by atoms with Crippen molar-refractivity contribution in [3.05, 3.63) is 63.3 Å². The lowest BCUT2D eigenvalue weighted by Gasteiger charge is -2.04. The Bertz CT molecular complexity index is 557. The number of aromatic nitrogens is 1. The maximum absolute atomic E-state index is 12.1. The van der Waals surface area contributed by atoms with Crippen LogP contribution in [0.3, 0.4) is 0 Å². The van der Waals surface area contributed by atoms with Gasteiger partial charge in [-0.3, -0.25) is 9.78 Å². The lowest BCUT2D eigenvalue weighted by molar-refractivity contribution is 0.0993. The average molecular weight is 311 g/mol. The molecule has 17 heavy (non-hydrogen) atoms. The van der Waals surface area contributed by atoms with E-state index in [4.69, 9.17) is 11.6 Å². The third-order valence-corrected chi connectivity index (χ3v) is 3.46. The number of ketones is 1. The van der Waals surface area contributed by atoms with Gasteiger partial charge in [0.25, 0.3) is 0 Å². The third kappa shape index (κ3) is 2.93. The molecule has 86 valence electrons. The molecule has 0 amide bonds. The van der Waals surface area contributed by atoms with Gasteiger partial charge in [0, 0.05) is 28.9 Å². The van der Waals surface area contributed by atoms with Crippen molar-refractivity contribution in [1.29, 1.82) is 0 Å². The largest absolute Gasteiger partial charge is 0.294 e. The molecule has 0 saturated carbocycles. The van der Waals surface area contributed by atoms with E-state index in [1.54, 1.807) is 12.3 Å². The Morgan fingerprint density at radius 2 is 2.06 bits per heavy atom. The molecule has 0 bridgehead atoms. The molecular formula is C13H9BrClNO. The number of hydrogen-bond donors (Lipinski definition) is 0. The zero-order valence-electron chi connectivity index (χ0n) is 8.86. The van der Waals surface area contributed by atoms with Crippen LogP contribution in [0.2, 0.25) is 5.02 Å². The van der Waals surface area contributed by atoms with Crippen molar-refractivity contribution in [3.63, 3.8) is 0 Å². The number of hydrogen-bond acceptors (Lipinski definition) is 2. The first-order valence-electron chi connectivity index (χ1n) is 5.04. The van der Waals surface area contributed by atoms with Gasteiger partial charge in [-0.25, -0.2) is 0 Å². The first kappa shape index (κ1) is 12.3. The number of halogens is 2. The first-order valence-corrected chi connectivity index (χ1v) is 6.21. The van der Waals surface area contributed by atoms with Crippen molar-refractivity contribution in [2.24, 2.45) is 0 Å². The lowest BCUT2D eigenvalue weighted by atomic mass is 10.0. The summed E-state index contributed by atoms with van der Waals surface area (Å²) in [5.74, 6) is -0.00991. The summed E-state index contributed by atoms with van der Waals surface area (Å²) in [7, 11) is 0. The monoisotopic (exact) mass is 309 g/mol. The van der Waals surface area contributed by atoms with Gasteiger partial charge in [-0.2, -0.15) is 0 Å². The SMILES string of the molecule is O=C(Cc1ccccc1Br)c1ccncc1Cl. The second-order valence-corrected chi connectivity index (χ2v) is 4.81. The first-order chi connectivity index (χ1) is 8.18. The highest BCUT2D eigenvalue weighted by Gasteiger charge is 2.12. The highest BCUT2D eigenvalue weighted by Crippen LogP contribution is 2.20. The Labute approximate surface area is 113 Å². The maximum Gasteiger partial charge on any atom is 0.168 e. The molecular weight excluding hydrogens is 302 g/mol. The van der Waals surface area contributed by atoms with Crippen LogP contribution in [0.4, 0.5) is 0 Å². The number of benzene rings is 1.